The molecule has 31 heavy (non-hydrogen) atoms. The lowest BCUT2D eigenvalue weighted by molar-refractivity contribution is 0.0187. The highest BCUT2D eigenvalue weighted by Crippen LogP contribution is 2.26. The minimum absolute atomic E-state index is 0.147. The van der Waals surface area contributed by atoms with Gasteiger partial charge in [0.05, 0.1) is 6.61 Å². The van der Waals surface area contributed by atoms with Crippen molar-refractivity contribution in [3.63, 3.8) is 0 Å². The number of ether oxygens (including phenoxy) is 2. The minimum Gasteiger partial charge on any atom is -0.478 e. The lowest BCUT2D eigenvalue weighted by Gasteiger charge is -2.34. The van der Waals surface area contributed by atoms with Gasteiger partial charge < -0.3 is 24.3 Å². The zero-order valence-electron chi connectivity index (χ0n) is 18.8. The lowest BCUT2D eigenvalue weighted by atomic mass is 10.0. The van der Waals surface area contributed by atoms with E-state index in [0.717, 1.165) is 18.4 Å². The SMILES string of the molecule is CCOc1ncccc1CNC(=O)c1cccn1C1CCN(C(=O)OC(C)(C)C)CC1. The zero-order valence-corrected chi connectivity index (χ0v) is 18.8. The largest absolute Gasteiger partial charge is 0.478 e. The molecule has 2 aromatic rings. The van der Waals surface area contributed by atoms with Gasteiger partial charge in [0, 0.05) is 43.6 Å². The van der Waals surface area contributed by atoms with Crippen LogP contribution in [0.3, 0.4) is 0 Å². The number of nitrogens with one attached hydrogen (secondary N) is 1. The van der Waals surface area contributed by atoms with Crippen LogP contribution in [0.4, 0.5) is 4.79 Å². The van der Waals surface area contributed by atoms with Crippen molar-refractivity contribution in [1.82, 2.24) is 19.8 Å². The molecule has 0 saturated carbocycles. The molecule has 0 radical (unpaired) electrons. The molecule has 0 aliphatic carbocycles. The second-order valence-electron chi connectivity index (χ2n) is 8.58. The summed E-state index contributed by atoms with van der Waals surface area (Å²) in [7, 11) is 0. The molecule has 0 atom stereocenters. The maximum atomic E-state index is 12.9. The summed E-state index contributed by atoms with van der Waals surface area (Å²) in [5.74, 6) is 0.390. The molecule has 8 heteroatoms. The highest BCUT2D eigenvalue weighted by molar-refractivity contribution is 5.92. The fraction of sp³-hybridized carbons (Fsp3) is 0.522. The fourth-order valence-corrected chi connectivity index (χ4v) is 3.65. The second-order valence-corrected chi connectivity index (χ2v) is 8.58. The van der Waals surface area contributed by atoms with Gasteiger partial charge in [0.25, 0.3) is 5.91 Å². The van der Waals surface area contributed by atoms with E-state index in [1.165, 1.54) is 0 Å². The van der Waals surface area contributed by atoms with E-state index in [-0.39, 0.29) is 18.0 Å². The van der Waals surface area contributed by atoms with E-state index < -0.39 is 5.60 Å². The van der Waals surface area contributed by atoms with Gasteiger partial charge in [0.2, 0.25) is 5.88 Å². The van der Waals surface area contributed by atoms with E-state index in [2.05, 4.69) is 10.3 Å². The van der Waals surface area contributed by atoms with Crippen LogP contribution in [0.15, 0.2) is 36.7 Å². The Balaban J connectivity index is 1.59. The Bertz CT molecular complexity index is 895. The number of likely N-dealkylation sites (tertiary alicyclic amines) is 1. The molecule has 0 unspecified atom stereocenters. The molecule has 0 spiro atoms. The first-order valence-corrected chi connectivity index (χ1v) is 10.8. The van der Waals surface area contributed by atoms with Gasteiger partial charge in [0.1, 0.15) is 11.3 Å². The van der Waals surface area contributed by atoms with Crippen molar-refractivity contribution in [1.29, 1.82) is 0 Å². The molecular weight excluding hydrogens is 396 g/mol. The first kappa shape index (κ1) is 22.7. The van der Waals surface area contributed by atoms with Crippen molar-refractivity contribution < 1.29 is 19.1 Å². The first-order chi connectivity index (χ1) is 14.8. The van der Waals surface area contributed by atoms with Crippen molar-refractivity contribution in [2.45, 2.75) is 58.7 Å². The van der Waals surface area contributed by atoms with Crippen LogP contribution in [-0.4, -0.2) is 51.7 Å². The van der Waals surface area contributed by atoms with Crippen molar-refractivity contribution in [2.24, 2.45) is 0 Å². The Morgan fingerprint density at radius 3 is 2.61 bits per heavy atom. The summed E-state index contributed by atoms with van der Waals surface area (Å²) < 4.78 is 13.0. The topological polar surface area (TPSA) is 85.7 Å². The van der Waals surface area contributed by atoms with Gasteiger partial charge in [-0.05, 0) is 58.7 Å². The lowest BCUT2D eigenvalue weighted by Crippen LogP contribution is -2.42. The average Bonchev–Trinajstić information content (AvgIpc) is 3.22. The predicted octanol–water partition coefficient (Wildman–Crippen LogP) is 3.78. The molecular formula is C23H32N4O4. The number of nitrogens with zero attached hydrogens (tertiary/aromatic N) is 3. The molecule has 0 aromatic carbocycles. The van der Waals surface area contributed by atoms with Crippen LogP contribution in [0.2, 0.25) is 0 Å². The predicted molar refractivity (Wildman–Crippen MR) is 117 cm³/mol. The van der Waals surface area contributed by atoms with E-state index in [0.29, 0.717) is 37.8 Å². The number of carbonyl (C=O) groups is 2. The van der Waals surface area contributed by atoms with Crippen LogP contribution >= 0.6 is 0 Å². The molecule has 1 N–H and O–H groups in total. The number of aromatic nitrogens is 2. The van der Waals surface area contributed by atoms with Gasteiger partial charge in [-0.15, -0.1) is 0 Å². The van der Waals surface area contributed by atoms with Crippen molar-refractivity contribution in [3.8, 4) is 5.88 Å². The van der Waals surface area contributed by atoms with Crippen LogP contribution < -0.4 is 10.1 Å². The highest BCUT2D eigenvalue weighted by atomic mass is 16.6. The standard InChI is InChI=1S/C23H32N4O4/c1-5-30-21-17(8-6-12-24-21)16-25-20(28)19-9-7-13-27(19)18-10-14-26(15-11-18)22(29)31-23(2,3)4/h6-9,12-13,18H,5,10-11,14-16H2,1-4H3,(H,25,28). The molecule has 1 saturated heterocycles. The quantitative estimate of drug-likeness (QED) is 0.757. The number of hydrogen-bond donors (Lipinski definition) is 1. The minimum atomic E-state index is -0.504. The van der Waals surface area contributed by atoms with Crippen LogP contribution in [0.25, 0.3) is 0 Å². The monoisotopic (exact) mass is 428 g/mol. The molecule has 1 fully saturated rings. The summed E-state index contributed by atoms with van der Waals surface area (Å²) in [6.45, 7) is 9.56. The van der Waals surface area contributed by atoms with E-state index in [9.17, 15) is 9.59 Å². The van der Waals surface area contributed by atoms with Crippen molar-refractivity contribution >= 4 is 12.0 Å². The van der Waals surface area contributed by atoms with Gasteiger partial charge >= 0.3 is 6.09 Å². The first-order valence-electron chi connectivity index (χ1n) is 10.8. The van der Waals surface area contributed by atoms with E-state index >= 15 is 0 Å². The molecule has 3 rings (SSSR count). The number of hydrogen-bond acceptors (Lipinski definition) is 5. The van der Waals surface area contributed by atoms with E-state index in [1.807, 2.05) is 62.7 Å². The Morgan fingerprint density at radius 2 is 1.94 bits per heavy atom. The Labute approximate surface area is 183 Å². The van der Waals surface area contributed by atoms with Crippen LogP contribution in [0.1, 0.15) is 62.6 Å². The number of rotatable bonds is 6. The maximum Gasteiger partial charge on any atom is 0.410 e. The molecule has 1 aliphatic rings. The summed E-state index contributed by atoms with van der Waals surface area (Å²) in [5.41, 5.74) is 0.940. The molecule has 1 aliphatic heterocycles. The summed E-state index contributed by atoms with van der Waals surface area (Å²) in [6.07, 6.45) is 4.86. The molecule has 8 nitrogen and oxygen atoms in total. The van der Waals surface area contributed by atoms with Gasteiger partial charge in [-0.25, -0.2) is 9.78 Å². The maximum absolute atomic E-state index is 12.9. The molecule has 2 aromatic heterocycles. The van der Waals surface area contributed by atoms with Crippen LogP contribution in [0, 0.1) is 0 Å². The van der Waals surface area contributed by atoms with Crippen molar-refractivity contribution in [3.05, 3.63) is 47.9 Å². The molecule has 3 heterocycles. The number of pyridine rings is 1. The van der Waals surface area contributed by atoms with Gasteiger partial charge in [0.15, 0.2) is 0 Å². The van der Waals surface area contributed by atoms with Gasteiger partial charge in [-0.3, -0.25) is 4.79 Å². The summed E-state index contributed by atoms with van der Waals surface area (Å²) >= 11 is 0. The third-order valence-electron chi connectivity index (χ3n) is 5.09. The smallest absolute Gasteiger partial charge is 0.410 e. The third kappa shape index (κ3) is 5.99. The zero-order chi connectivity index (χ0) is 22.4. The van der Waals surface area contributed by atoms with E-state index in [4.69, 9.17) is 9.47 Å². The Morgan fingerprint density at radius 1 is 1.19 bits per heavy atom. The normalized spacial score (nSPS) is 14.9. The van der Waals surface area contributed by atoms with Crippen LogP contribution in [0.5, 0.6) is 5.88 Å². The van der Waals surface area contributed by atoms with Gasteiger partial charge in [-0.1, -0.05) is 6.07 Å². The summed E-state index contributed by atoms with van der Waals surface area (Å²) in [5, 5.41) is 2.97. The fourth-order valence-electron chi connectivity index (χ4n) is 3.65. The number of piperidine rings is 1. The number of amides is 2. The molecule has 0 bridgehead atoms. The van der Waals surface area contributed by atoms with E-state index in [1.54, 1.807) is 11.1 Å². The third-order valence-corrected chi connectivity index (χ3v) is 5.09. The molecule has 168 valence electrons. The van der Waals surface area contributed by atoms with Gasteiger partial charge in [-0.2, -0.15) is 0 Å². The number of carbonyl (C=O) groups excluding carboxylic acids is 2. The molecule has 2 amide bonds. The van der Waals surface area contributed by atoms with Crippen molar-refractivity contribution in [2.75, 3.05) is 19.7 Å². The second kappa shape index (κ2) is 9.85. The van der Waals surface area contributed by atoms with Crippen LogP contribution in [-0.2, 0) is 11.3 Å². The Hall–Kier alpha value is -3.03. The Kier molecular flexibility index (Phi) is 7.20. The highest BCUT2D eigenvalue weighted by Gasteiger charge is 2.28. The average molecular weight is 429 g/mol. The summed E-state index contributed by atoms with van der Waals surface area (Å²) in [4.78, 5) is 31.1. The summed E-state index contributed by atoms with van der Waals surface area (Å²) in [6, 6.07) is 7.58.